The Morgan fingerprint density at radius 2 is 1.90 bits per heavy atom. The van der Waals surface area contributed by atoms with E-state index in [2.05, 4.69) is 35.3 Å². The van der Waals surface area contributed by atoms with E-state index in [1.165, 1.54) is 16.2 Å². The van der Waals surface area contributed by atoms with Crippen molar-refractivity contribution in [1.82, 2.24) is 29.0 Å². The molecule has 252 valence electrons. The van der Waals surface area contributed by atoms with Gasteiger partial charge < -0.3 is 19.7 Å². The SMILES string of the molecule is CCN1Cc2cc(n(C)n2)CSc2cc3c(c(c2)OCCCc2c(C(=O)O)n(C)c4c(c(Cl)ccc24)-c2c(C)nn(C)c2C1)NCCC3. The summed E-state index contributed by atoms with van der Waals surface area (Å²) in [4.78, 5) is 16.3. The molecule has 0 spiro atoms. The minimum atomic E-state index is -0.959. The summed E-state index contributed by atoms with van der Waals surface area (Å²) in [5, 5.41) is 25.3. The van der Waals surface area contributed by atoms with Crippen LogP contribution in [0.1, 0.15) is 64.2 Å². The van der Waals surface area contributed by atoms with E-state index in [-0.39, 0.29) is 5.69 Å². The van der Waals surface area contributed by atoms with Gasteiger partial charge >= 0.3 is 5.97 Å². The van der Waals surface area contributed by atoms with Crippen molar-refractivity contribution in [3.8, 4) is 16.9 Å². The van der Waals surface area contributed by atoms with Gasteiger partial charge in [0.2, 0.25) is 0 Å². The van der Waals surface area contributed by atoms with Crippen LogP contribution >= 0.6 is 23.4 Å². The molecular weight excluding hydrogens is 646 g/mol. The molecule has 2 N–H and O–H groups in total. The second-order valence-electron chi connectivity index (χ2n) is 12.8. The van der Waals surface area contributed by atoms with E-state index < -0.39 is 5.97 Å². The van der Waals surface area contributed by atoms with Crippen molar-refractivity contribution >= 4 is 45.9 Å². The third kappa shape index (κ3) is 5.86. The van der Waals surface area contributed by atoms with Gasteiger partial charge in [0.1, 0.15) is 11.4 Å². The van der Waals surface area contributed by atoms with Crippen LogP contribution in [0.15, 0.2) is 35.2 Å². The number of rotatable bonds is 2. The van der Waals surface area contributed by atoms with Gasteiger partial charge in [-0.2, -0.15) is 10.2 Å². The van der Waals surface area contributed by atoms with Gasteiger partial charge in [-0.05, 0) is 74.5 Å². The third-order valence-electron chi connectivity index (χ3n) is 9.73. The van der Waals surface area contributed by atoms with Gasteiger partial charge in [0, 0.05) is 73.6 Å². The normalized spacial score (nSPS) is 15.8. The number of thioether (sulfide) groups is 1. The molecule has 0 saturated heterocycles. The van der Waals surface area contributed by atoms with Gasteiger partial charge in [0.05, 0.1) is 39.9 Å². The molecule has 0 atom stereocenters. The van der Waals surface area contributed by atoms with Gasteiger partial charge in [-0.15, -0.1) is 11.8 Å². The highest BCUT2D eigenvalue weighted by atomic mass is 35.5. The van der Waals surface area contributed by atoms with Gasteiger partial charge in [-0.25, -0.2) is 4.79 Å². The average molecular weight is 688 g/mol. The summed E-state index contributed by atoms with van der Waals surface area (Å²) in [7, 11) is 5.81. The van der Waals surface area contributed by atoms with Crippen LogP contribution < -0.4 is 10.1 Å². The number of nitrogens with zero attached hydrogens (tertiary/aromatic N) is 6. The zero-order valence-electron chi connectivity index (χ0n) is 28.2. The van der Waals surface area contributed by atoms with Crippen molar-refractivity contribution < 1.29 is 14.6 Å². The number of aromatic carboxylic acids is 1. The first kappa shape index (κ1) is 32.6. The molecule has 5 heterocycles. The highest BCUT2D eigenvalue weighted by Crippen LogP contribution is 2.43. The van der Waals surface area contributed by atoms with Crippen LogP contribution in [0.3, 0.4) is 0 Å². The molecule has 0 aliphatic carbocycles. The first-order valence-electron chi connectivity index (χ1n) is 16.6. The van der Waals surface area contributed by atoms with E-state index in [0.29, 0.717) is 37.6 Å². The summed E-state index contributed by atoms with van der Waals surface area (Å²) in [5.74, 6) is 0.692. The summed E-state index contributed by atoms with van der Waals surface area (Å²) >= 11 is 8.84. The number of carboxylic acid groups (broad SMARTS) is 1. The van der Waals surface area contributed by atoms with E-state index >= 15 is 0 Å². The molecule has 0 fully saturated rings. The number of halogens is 1. The minimum Gasteiger partial charge on any atom is -0.491 e. The Balaban J connectivity index is 1.38. The zero-order valence-corrected chi connectivity index (χ0v) is 29.8. The minimum absolute atomic E-state index is 0.275. The number of nitrogens with one attached hydrogen (secondary N) is 1. The fourth-order valence-electron chi connectivity index (χ4n) is 7.40. The molecule has 3 aromatic heterocycles. The molecule has 10 nitrogen and oxygen atoms in total. The van der Waals surface area contributed by atoms with E-state index in [4.69, 9.17) is 26.5 Å². The van der Waals surface area contributed by atoms with Crippen LogP contribution in [-0.2, 0) is 52.8 Å². The van der Waals surface area contributed by atoms with Crippen LogP contribution in [0.25, 0.3) is 22.0 Å². The fraction of sp³-hybridized carbons (Fsp3) is 0.417. The Morgan fingerprint density at radius 1 is 1.06 bits per heavy atom. The number of fused-ring (bicyclic) bond motifs is 8. The zero-order chi connectivity index (χ0) is 33.7. The Bertz CT molecular complexity index is 2050. The Hall–Kier alpha value is -3.93. The number of aryl methyl sites for hydroxylation is 6. The number of hydrogen-bond acceptors (Lipinski definition) is 7. The smallest absolute Gasteiger partial charge is 0.352 e. The van der Waals surface area contributed by atoms with E-state index in [1.807, 2.05) is 49.6 Å². The molecule has 12 heteroatoms. The maximum absolute atomic E-state index is 12.8. The molecule has 2 aromatic carbocycles. The number of aromatic nitrogens is 5. The molecule has 0 amide bonds. The Kier molecular flexibility index (Phi) is 8.95. The standard InChI is InChI=1S/C36H42ClN7O3S/c1-6-44-18-23-16-24(42(4)40-23)20-48-25-15-22-9-7-13-38-33(22)30(17-25)47-14-8-10-26-27-11-12-28(37)32(34(27)41(3)35(26)36(45)46)31-21(2)39-43(5)29(31)19-44/h11-12,15-17,38H,6-10,13-14,18-20H2,1-5H3,(H,45,46). The van der Waals surface area contributed by atoms with Crippen molar-refractivity contribution in [3.05, 3.63) is 75.0 Å². The number of carbonyl (C=O) groups is 1. The van der Waals surface area contributed by atoms with Gasteiger partial charge in [0.25, 0.3) is 0 Å². The first-order valence-corrected chi connectivity index (χ1v) is 18.0. The number of ether oxygens (including phenoxy) is 1. The highest BCUT2D eigenvalue weighted by Gasteiger charge is 2.28. The lowest BCUT2D eigenvalue weighted by Gasteiger charge is -2.22. The second kappa shape index (κ2) is 13.2. The van der Waals surface area contributed by atoms with Crippen LogP contribution in [0, 0.1) is 6.92 Å². The largest absolute Gasteiger partial charge is 0.491 e. The molecule has 48 heavy (non-hydrogen) atoms. The summed E-state index contributed by atoms with van der Waals surface area (Å²) in [6.45, 7) is 7.65. The molecule has 0 unspecified atom stereocenters. The maximum atomic E-state index is 12.8. The van der Waals surface area contributed by atoms with Gasteiger partial charge in [-0.1, -0.05) is 24.6 Å². The molecule has 0 saturated carbocycles. The van der Waals surface area contributed by atoms with Crippen molar-refractivity contribution in [1.29, 1.82) is 0 Å². The molecule has 0 radical (unpaired) electrons. The van der Waals surface area contributed by atoms with Gasteiger partial charge in [-0.3, -0.25) is 14.3 Å². The predicted octanol–water partition coefficient (Wildman–Crippen LogP) is 6.97. The molecule has 7 rings (SSSR count). The number of anilines is 1. The summed E-state index contributed by atoms with van der Waals surface area (Å²) in [6, 6.07) is 10.5. The second-order valence-corrected chi connectivity index (χ2v) is 14.3. The summed E-state index contributed by atoms with van der Waals surface area (Å²) in [6.07, 6.45) is 3.30. The average Bonchev–Trinajstić information content (AvgIpc) is 3.66. The Labute approximate surface area is 290 Å². The van der Waals surface area contributed by atoms with Crippen molar-refractivity contribution in [2.45, 2.75) is 63.3 Å². The van der Waals surface area contributed by atoms with E-state index in [1.54, 1.807) is 16.3 Å². The van der Waals surface area contributed by atoms with Crippen molar-refractivity contribution in [2.75, 3.05) is 25.0 Å². The lowest BCUT2D eigenvalue weighted by molar-refractivity contribution is 0.0685. The van der Waals surface area contributed by atoms with Gasteiger partial charge in [0.15, 0.2) is 0 Å². The first-order chi connectivity index (χ1) is 23.1. The quantitative estimate of drug-likeness (QED) is 0.205. The van der Waals surface area contributed by atoms with Crippen LogP contribution in [0.5, 0.6) is 5.75 Å². The molecule has 8 bridgehead atoms. The van der Waals surface area contributed by atoms with Crippen molar-refractivity contribution in [2.24, 2.45) is 21.1 Å². The lowest BCUT2D eigenvalue weighted by atomic mass is 9.97. The molecular formula is C36H42ClN7O3S. The highest BCUT2D eigenvalue weighted by molar-refractivity contribution is 7.98. The van der Waals surface area contributed by atoms with E-state index in [0.717, 1.165) is 87.8 Å². The molecule has 5 aromatic rings. The predicted molar refractivity (Wildman–Crippen MR) is 191 cm³/mol. The number of benzene rings is 2. The third-order valence-corrected chi connectivity index (χ3v) is 11.1. The monoisotopic (exact) mass is 687 g/mol. The van der Waals surface area contributed by atoms with Crippen LogP contribution in [-0.4, -0.2) is 59.8 Å². The molecule has 2 aliphatic heterocycles. The number of carboxylic acids is 1. The molecule has 2 aliphatic rings. The summed E-state index contributed by atoms with van der Waals surface area (Å²) in [5.41, 5.74) is 10.0. The van der Waals surface area contributed by atoms with E-state index in [9.17, 15) is 9.90 Å². The number of hydrogen-bond donors (Lipinski definition) is 2. The topological polar surface area (TPSA) is 102 Å². The van der Waals surface area contributed by atoms with Crippen LogP contribution in [0.4, 0.5) is 5.69 Å². The summed E-state index contributed by atoms with van der Waals surface area (Å²) < 4.78 is 12.2. The fourth-order valence-corrected chi connectivity index (χ4v) is 8.65. The Morgan fingerprint density at radius 3 is 2.69 bits per heavy atom. The van der Waals surface area contributed by atoms with Crippen molar-refractivity contribution in [3.63, 3.8) is 0 Å². The van der Waals surface area contributed by atoms with Crippen LogP contribution in [0.2, 0.25) is 5.02 Å². The lowest BCUT2D eigenvalue weighted by Crippen LogP contribution is -2.24. The maximum Gasteiger partial charge on any atom is 0.352 e.